The number of halogens is 1. The van der Waals surface area contributed by atoms with E-state index in [4.69, 9.17) is 4.52 Å². The second-order valence-electron chi connectivity index (χ2n) is 5.57. The molecule has 0 spiro atoms. The number of aliphatic hydroxyl groups is 1. The first-order valence-corrected chi connectivity index (χ1v) is 7.03. The van der Waals surface area contributed by atoms with Crippen LogP contribution < -0.4 is 0 Å². The molecule has 0 unspecified atom stereocenters. The summed E-state index contributed by atoms with van der Waals surface area (Å²) in [6.07, 6.45) is 2.24. The molecule has 0 bridgehead atoms. The number of likely N-dealkylation sites (tertiary alicyclic amines) is 1. The first-order chi connectivity index (χ1) is 10.5. The Balaban J connectivity index is 1.68. The summed E-state index contributed by atoms with van der Waals surface area (Å²) in [6, 6.07) is 2.96. The predicted octanol–water partition coefficient (Wildman–Crippen LogP) is 1.19. The van der Waals surface area contributed by atoms with Gasteiger partial charge in [0, 0.05) is 37.7 Å². The molecule has 0 radical (unpaired) electrons. The maximum absolute atomic E-state index is 13.2. The largest absolute Gasteiger partial charge is 0.391 e. The molecule has 2 aromatic heterocycles. The van der Waals surface area contributed by atoms with E-state index in [-0.39, 0.29) is 23.9 Å². The Labute approximate surface area is 126 Å². The van der Waals surface area contributed by atoms with E-state index in [0.717, 1.165) is 18.0 Å². The van der Waals surface area contributed by atoms with E-state index in [2.05, 4.69) is 10.1 Å². The third-order valence-corrected chi connectivity index (χ3v) is 3.79. The number of pyridine rings is 1. The fourth-order valence-electron chi connectivity index (χ4n) is 2.70. The molecule has 7 heteroatoms. The average Bonchev–Trinajstić information content (AvgIpc) is 3.05. The van der Waals surface area contributed by atoms with Gasteiger partial charge in [0.25, 0.3) is 5.91 Å². The van der Waals surface area contributed by atoms with Crippen LogP contribution in [-0.4, -0.2) is 45.2 Å². The van der Waals surface area contributed by atoms with Crippen molar-refractivity contribution in [3.63, 3.8) is 0 Å². The highest BCUT2D eigenvalue weighted by atomic mass is 19.1. The van der Waals surface area contributed by atoms with Gasteiger partial charge in [-0.2, -0.15) is 0 Å². The lowest BCUT2D eigenvalue weighted by Gasteiger charge is -2.15. The Kier molecular flexibility index (Phi) is 3.89. The van der Waals surface area contributed by atoms with E-state index in [0.29, 0.717) is 18.7 Å². The highest BCUT2D eigenvalue weighted by Crippen LogP contribution is 2.23. The molecule has 1 aliphatic rings. The molecule has 1 saturated heterocycles. The van der Waals surface area contributed by atoms with Gasteiger partial charge in [0.1, 0.15) is 11.6 Å². The Bertz CT molecular complexity index is 688. The third-order valence-electron chi connectivity index (χ3n) is 3.79. The normalized spacial score (nSPS) is 21.3. The fraction of sp³-hybridized carbons (Fsp3) is 0.400. The standard InChI is InChI=1S/C15H16FN3O3/c1-9-2-13(22-18-9)4-11-7-19(8-14(11)20)15(21)10-3-12(16)6-17-5-10/h2-3,5-6,11,14,20H,4,7-8H2,1H3/t11-,14+/m1/s1. The molecule has 1 amide bonds. The smallest absolute Gasteiger partial charge is 0.255 e. The van der Waals surface area contributed by atoms with Crippen LogP contribution in [0.5, 0.6) is 0 Å². The van der Waals surface area contributed by atoms with Crippen LogP contribution in [0, 0.1) is 18.7 Å². The molecule has 1 fully saturated rings. The van der Waals surface area contributed by atoms with Crippen molar-refractivity contribution in [2.24, 2.45) is 5.92 Å². The van der Waals surface area contributed by atoms with Crippen molar-refractivity contribution in [1.29, 1.82) is 0 Å². The van der Waals surface area contributed by atoms with Crippen molar-refractivity contribution in [2.75, 3.05) is 13.1 Å². The minimum absolute atomic E-state index is 0.127. The minimum atomic E-state index is -0.643. The van der Waals surface area contributed by atoms with Crippen molar-refractivity contribution in [3.8, 4) is 0 Å². The number of hydrogen-bond donors (Lipinski definition) is 1. The van der Waals surface area contributed by atoms with E-state index >= 15 is 0 Å². The molecule has 1 N–H and O–H groups in total. The number of nitrogens with zero attached hydrogens (tertiary/aromatic N) is 3. The number of aliphatic hydroxyl groups excluding tert-OH is 1. The maximum atomic E-state index is 13.2. The molecule has 116 valence electrons. The van der Waals surface area contributed by atoms with E-state index in [1.165, 1.54) is 11.1 Å². The number of hydrogen-bond acceptors (Lipinski definition) is 5. The molecule has 3 heterocycles. The van der Waals surface area contributed by atoms with E-state index in [1.807, 2.05) is 13.0 Å². The number of carbonyl (C=O) groups excluding carboxylic acids is 1. The Morgan fingerprint density at radius 2 is 2.27 bits per heavy atom. The zero-order valence-corrected chi connectivity index (χ0v) is 12.1. The van der Waals surface area contributed by atoms with Gasteiger partial charge < -0.3 is 14.5 Å². The molecule has 1 aliphatic heterocycles. The SMILES string of the molecule is Cc1cc(C[C@@H]2CN(C(=O)c3cncc(F)c3)C[C@@H]2O)on1. The first kappa shape index (κ1) is 14.6. The van der Waals surface area contributed by atoms with Gasteiger partial charge in [-0.25, -0.2) is 4.39 Å². The zero-order chi connectivity index (χ0) is 15.7. The molecule has 6 nitrogen and oxygen atoms in total. The van der Waals surface area contributed by atoms with Crippen LogP contribution in [0.3, 0.4) is 0 Å². The summed E-state index contributed by atoms with van der Waals surface area (Å²) in [7, 11) is 0. The van der Waals surface area contributed by atoms with Gasteiger partial charge in [-0.3, -0.25) is 9.78 Å². The summed E-state index contributed by atoms with van der Waals surface area (Å²) >= 11 is 0. The van der Waals surface area contributed by atoms with Gasteiger partial charge in [-0.1, -0.05) is 5.16 Å². The Morgan fingerprint density at radius 1 is 1.45 bits per heavy atom. The second kappa shape index (κ2) is 5.84. The number of aromatic nitrogens is 2. The van der Waals surface area contributed by atoms with Crippen LogP contribution in [-0.2, 0) is 6.42 Å². The lowest BCUT2D eigenvalue weighted by Crippen LogP contribution is -2.29. The van der Waals surface area contributed by atoms with E-state index in [1.54, 1.807) is 0 Å². The van der Waals surface area contributed by atoms with Gasteiger partial charge in [0.15, 0.2) is 0 Å². The topological polar surface area (TPSA) is 79.5 Å². The van der Waals surface area contributed by atoms with Crippen LogP contribution in [0.2, 0.25) is 0 Å². The molecular formula is C15H16FN3O3. The summed E-state index contributed by atoms with van der Waals surface area (Å²) in [6.45, 7) is 2.42. The first-order valence-electron chi connectivity index (χ1n) is 7.03. The van der Waals surface area contributed by atoms with Crippen LogP contribution >= 0.6 is 0 Å². The molecule has 0 saturated carbocycles. The number of carbonyl (C=O) groups is 1. The lowest BCUT2D eigenvalue weighted by atomic mass is 10.0. The van der Waals surface area contributed by atoms with Crippen LogP contribution in [0.1, 0.15) is 21.8 Å². The van der Waals surface area contributed by atoms with E-state index < -0.39 is 11.9 Å². The molecule has 2 atom stereocenters. The second-order valence-corrected chi connectivity index (χ2v) is 5.57. The highest BCUT2D eigenvalue weighted by Gasteiger charge is 2.35. The van der Waals surface area contributed by atoms with Gasteiger partial charge in [-0.15, -0.1) is 0 Å². The van der Waals surface area contributed by atoms with Gasteiger partial charge in [0.2, 0.25) is 0 Å². The number of β-amino-alcohol motifs (C(OH)–C–C–N with tert-alkyl or cyclic N) is 1. The Morgan fingerprint density at radius 3 is 2.95 bits per heavy atom. The average molecular weight is 305 g/mol. The third kappa shape index (κ3) is 2.99. The predicted molar refractivity (Wildman–Crippen MR) is 74.5 cm³/mol. The van der Waals surface area contributed by atoms with Gasteiger partial charge in [-0.05, 0) is 13.0 Å². The lowest BCUT2D eigenvalue weighted by molar-refractivity contribution is 0.0763. The number of rotatable bonds is 3. The quantitative estimate of drug-likeness (QED) is 0.921. The zero-order valence-electron chi connectivity index (χ0n) is 12.1. The summed E-state index contributed by atoms with van der Waals surface area (Å²) in [4.78, 5) is 17.5. The van der Waals surface area contributed by atoms with E-state index in [9.17, 15) is 14.3 Å². The fourth-order valence-corrected chi connectivity index (χ4v) is 2.70. The number of aryl methyl sites for hydroxylation is 1. The molecule has 2 aromatic rings. The van der Waals surface area contributed by atoms with Crippen molar-refractivity contribution in [2.45, 2.75) is 19.4 Å². The van der Waals surface area contributed by atoms with Crippen molar-refractivity contribution in [1.82, 2.24) is 15.0 Å². The minimum Gasteiger partial charge on any atom is -0.391 e. The maximum Gasteiger partial charge on any atom is 0.255 e. The van der Waals surface area contributed by atoms with Crippen molar-refractivity contribution >= 4 is 5.91 Å². The van der Waals surface area contributed by atoms with Crippen LogP contribution in [0.4, 0.5) is 4.39 Å². The molecular weight excluding hydrogens is 289 g/mol. The Hall–Kier alpha value is -2.28. The monoisotopic (exact) mass is 305 g/mol. The van der Waals surface area contributed by atoms with Gasteiger partial charge in [0.05, 0.1) is 23.6 Å². The summed E-state index contributed by atoms with van der Waals surface area (Å²) in [5, 5.41) is 13.9. The molecule has 0 aromatic carbocycles. The van der Waals surface area contributed by atoms with Crippen LogP contribution in [0.25, 0.3) is 0 Å². The van der Waals surface area contributed by atoms with Crippen molar-refractivity contribution in [3.05, 3.63) is 47.4 Å². The van der Waals surface area contributed by atoms with Gasteiger partial charge >= 0.3 is 0 Å². The highest BCUT2D eigenvalue weighted by molar-refractivity contribution is 5.94. The molecule has 0 aliphatic carbocycles. The molecule has 3 rings (SSSR count). The van der Waals surface area contributed by atoms with Crippen LogP contribution in [0.15, 0.2) is 29.0 Å². The summed E-state index contributed by atoms with van der Waals surface area (Å²) < 4.78 is 18.3. The number of amides is 1. The summed E-state index contributed by atoms with van der Waals surface area (Å²) in [5.41, 5.74) is 0.963. The molecule has 22 heavy (non-hydrogen) atoms. The summed E-state index contributed by atoms with van der Waals surface area (Å²) in [5.74, 6) is -0.331. The van der Waals surface area contributed by atoms with Crippen molar-refractivity contribution < 1.29 is 18.8 Å².